The molecule has 2 atom stereocenters. The third kappa shape index (κ3) is 5.39. The fourth-order valence-electron chi connectivity index (χ4n) is 5.10. The average Bonchev–Trinajstić information content (AvgIpc) is 2.83. The van der Waals surface area contributed by atoms with Gasteiger partial charge in [0.05, 0.1) is 11.6 Å². The van der Waals surface area contributed by atoms with Crippen LogP contribution in [0.3, 0.4) is 0 Å². The Kier molecular flexibility index (Phi) is 7.10. The number of aliphatic hydroxyl groups is 1. The standard InChI is InChI=1S/C30H36N2O4/c1-21(2)32-19-25(15-16-27(32)33)24-13-11-23(12-14-24)22(3)31-18-17-30(36-28(31)34,20-29(4,5)35)26-9-7-6-8-10-26/h6-16,19,21-22,35H,17-18,20H2,1-5H3. The van der Waals surface area contributed by atoms with Crippen molar-refractivity contribution in [2.24, 2.45) is 0 Å². The molecule has 1 N–H and O–H groups in total. The first-order valence-electron chi connectivity index (χ1n) is 12.6. The molecule has 1 saturated heterocycles. The van der Waals surface area contributed by atoms with Gasteiger partial charge in [-0.2, -0.15) is 0 Å². The molecule has 36 heavy (non-hydrogen) atoms. The summed E-state index contributed by atoms with van der Waals surface area (Å²) in [5, 5.41) is 10.6. The number of benzene rings is 2. The SMILES string of the molecule is CC(c1ccc(-c2ccc(=O)n(C(C)C)c2)cc1)N1CCC(CC(C)(C)O)(c2ccccc2)OC1=O. The number of carbonyl (C=O) groups is 1. The number of amides is 1. The zero-order valence-electron chi connectivity index (χ0n) is 21.8. The summed E-state index contributed by atoms with van der Waals surface area (Å²) in [6.07, 6.45) is 2.42. The lowest BCUT2D eigenvalue weighted by Gasteiger charge is -2.45. The van der Waals surface area contributed by atoms with E-state index in [1.807, 2.05) is 87.6 Å². The molecule has 2 heterocycles. The largest absolute Gasteiger partial charge is 0.438 e. The zero-order valence-corrected chi connectivity index (χ0v) is 21.8. The van der Waals surface area contributed by atoms with Gasteiger partial charge in [0, 0.05) is 37.7 Å². The van der Waals surface area contributed by atoms with Crippen LogP contribution >= 0.6 is 0 Å². The molecule has 0 aliphatic carbocycles. The molecule has 1 fully saturated rings. The van der Waals surface area contributed by atoms with Crippen LogP contribution in [0.15, 0.2) is 77.7 Å². The number of aromatic nitrogens is 1. The van der Waals surface area contributed by atoms with E-state index in [1.165, 1.54) is 0 Å². The molecule has 1 amide bonds. The number of cyclic esters (lactones) is 1. The highest BCUT2D eigenvalue weighted by Gasteiger charge is 2.46. The van der Waals surface area contributed by atoms with Gasteiger partial charge < -0.3 is 19.3 Å². The number of pyridine rings is 1. The lowest BCUT2D eigenvalue weighted by Crippen LogP contribution is -2.51. The Morgan fingerprint density at radius 3 is 2.17 bits per heavy atom. The molecule has 1 aliphatic heterocycles. The number of hydrogen-bond acceptors (Lipinski definition) is 4. The summed E-state index contributed by atoms with van der Waals surface area (Å²) in [5.74, 6) is 0. The van der Waals surface area contributed by atoms with Crippen molar-refractivity contribution in [1.82, 2.24) is 9.47 Å². The Hall–Kier alpha value is -3.38. The van der Waals surface area contributed by atoms with Gasteiger partial charge in [-0.05, 0) is 62.9 Å². The van der Waals surface area contributed by atoms with Crippen LogP contribution < -0.4 is 5.56 Å². The second-order valence-electron chi connectivity index (χ2n) is 10.7. The fourth-order valence-corrected chi connectivity index (χ4v) is 5.10. The Morgan fingerprint density at radius 2 is 1.58 bits per heavy atom. The molecular weight excluding hydrogens is 452 g/mol. The van der Waals surface area contributed by atoms with E-state index in [1.54, 1.807) is 29.4 Å². The normalized spacial score (nSPS) is 19.3. The van der Waals surface area contributed by atoms with E-state index in [-0.39, 0.29) is 23.7 Å². The second-order valence-corrected chi connectivity index (χ2v) is 10.7. The zero-order chi connectivity index (χ0) is 26.1. The lowest BCUT2D eigenvalue weighted by molar-refractivity contribution is -0.101. The maximum Gasteiger partial charge on any atom is 0.411 e. The molecule has 4 rings (SSSR count). The first-order chi connectivity index (χ1) is 17.0. The van der Waals surface area contributed by atoms with Crippen LogP contribution in [0.4, 0.5) is 4.79 Å². The summed E-state index contributed by atoms with van der Waals surface area (Å²) in [6.45, 7) is 9.99. The highest BCUT2D eigenvalue weighted by atomic mass is 16.6. The second kappa shape index (κ2) is 9.94. The van der Waals surface area contributed by atoms with Crippen LogP contribution in [0.25, 0.3) is 11.1 Å². The molecular formula is C30H36N2O4. The quantitative estimate of drug-likeness (QED) is 0.439. The third-order valence-corrected chi connectivity index (χ3v) is 6.98. The summed E-state index contributed by atoms with van der Waals surface area (Å²) >= 11 is 0. The van der Waals surface area contributed by atoms with Crippen molar-refractivity contribution in [2.45, 2.75) is 70.7 Å². The summed E-state index contributed by atoms with van der Waals surface area (Å²) in [4.78, 5) is 27.2. The molecule has 1 aromatic heterocycles. The van der Waals surface area contributed by atoms with Gasteiger partial charge in [-0.15, -0.1) is 0 Å². The summed E-state index contributed by atoms with van der Waals surface area (Å²) < 4.78 is 7.85. The molecule has 0 bridgehead atoms. The lowest BCUT2D eigenvalue weighted by atomic mass is 9.80. The van der Waals surface area contributed by atoms with Gasteiger partial charge in [0.25, 0.3) is 5.56 Å². The van der Waals surface area contributed by atoms with Crippen molar-refractivity contribution in [1.29, 1.82) is 0 Å². The highest BCUT2D eigenvalue weighted by molar-refractivity contribution is 5.70. The van der Waals surface area contributed by atoms with E-state index in [2.05, 4.69) is 0 Å². The fraction of sp³-hybridized carbons (Fsp3) is 0.400. The summed E-state index contributed by atoms with van der Waals surface area (Å²) in [5.41, 5.74) is 2.02. The Labute approximate surface area is 213 Å². The van der Waals surface area contributed by atoms with Crippen molar-refractivity contribution >= 4 is 6.09 Å². The molecule has 6 nitrogen and oxygen atoms in total. The first kappa shape index (κ1) is 25.7. The van der Waals surface area contributed by atoms with Crippen LogP contribution in [0.1, 0.15) is 70.7 Å². The Morgan fingerprint density at radius 1 is 0.944 bits per heavy atom. The van der Waals surface area contributed by atoms with E-state index >= 15 is 0 Å². The number of carbonyl (C=O) groups excluding carboxylic acids is 1. The monoisotopic (exact) mass is 488 g/mol. The molecule has 0 spiro atoms. The van der Waals surface area contributed by atoms with Crippen LogP contribution in [-0.4, -0.2) is 32.8 Å². The molecule has 3 aromatic rings. The van der Waals surface area contributed by atoms with Gasteiger partial charge in [0.1, 0.15) is 5.60 Å². The van der Waals surface area contributed by atoms with Gasteiger partial charge >= 0.3 is 6.09 Å². The minimum Gasteiger partial charge on any atom is -0.438 e. The molecule has 0 saturated carbocycles. The number of ether oxygens (including phenoxy) is 1. The van der Waals surface area contributed by atoms with Crippen molar-refractivity contribution in [2.75, 3.05) is 6.54 Å². The van der Waals surface area contributed by atoms with Crippen molar-refractivity contribution in [3.8, 4) is 11.1 Å². The predicted molar refractivity (Wildman–Crippen MR) is 142 cm³/mol. The maximum absolute atomic E-state index is 13.3. The van der Waals surface area contributed by atoms with E-state index in [9.17, 15) is 14.7 Å². The molecule has 0 radical (unpaired) electrons. The summed E-state index contributed by atoms with van der Waals surface area (Å²) in [7, 11) is 0. The molecule has 2 aromatic carbocycles. The van der Waals surface area contributed by atoms with Crippen LogP contribution in [0.5, 0.6) is 0 Å². The van der Waals surface area contributed by atoms with Gasteiger partial charge in [-0.3, -0.25) is 4.79 Å². The van der Waals surface area contributed by atoms with Crippen LogP contribution in [0, 0.1) is 0 Å². The smallest absolute Gasteiger partial charge is 0.411 e. The molecule has 6 heteroatoms. The van der Waals surface area contributed by atoms with Gasteiger partial charge in [-0.25, -0.2) is 4.79 Å². The van der Waals surface area contributed by atoms with E-state index in [0.717, 1.165) is 22.3 Å². The maximum atomic E-state index is 13.3. The molecule has 190 valence electrons. The number of nitrogens with zero attached hydrogens (tertiary/aromatic N) is 2. The van der Waals surface area contributed by atoms with E-state index < -0.39 is 11.2 Å². The van der Waals surface area contributed by atoms with E-state index in [4.69, 9.17) is 4.74 Å². The minimum absolute atomic E-state index is 0.0150. The predicted octanol–water partition coefficient (Wildman–Crippen LogP) is 6.06. The minimum atomic E-state index is -0.988. The first-order valence-corrected chi connectivity index (χ1v) is 12.6. The van der Waals surface area contributed by atoms with Crippen LogP contribution in [-0.2, 0) is 10.3 Å². The Bertz CT molecular complexity index is 1260. The Balaban J connectivity index is 1.54. The highest BCUT2D eigenvalue weighted by Crippen LogP contribution is 2.42. The van der Waals surface area contributed by atoms with Crippen molar-refractivity contribution in [3.63, 3.8) is 0 Å². The van der Waals surface area contributed by atoms with E-state index in [0.29, 0.717) is 19.4 Å². The molecule has 1 aliphatic rings. The molecule has 2 unspecified atom stereocenters. The van der Waals surface area contributed by atoms with Gasteiger partial charge in [-0.1, -0.05) is 54.6 Å². The number of rotatable bonds is 7. The number of hydrogen-bond donors (Lipinski definition) is 1. The van der Waals surface area contributed by atoms with Gasteiger partial charge in [0.15, 0.2) is 0 Å². The van der Waals surface area contributed by atoms with Crippen molar-refractivity contribution in [3.05, 3.63) is 94.4 Å². The topological polar surface area (TPSA) is 71.8 Å². The average molecular weight is 489 g/mol. The summed E-state index contributed by atoms with van der Waals surface area (Å²) in [6, 6.07) is 21.1. The van der Waals surface area contributed by atoms with Crippen LogP contribution in [0.2, 0.25) is 0 Å². The van der Waals surface area contributed by atoms with Crippen molar-refractivity contribution < 1.29 is 14.6 Å². The van der Waals surface area contributed by atoms with Gasteiger partial charge in [0.2, 0.25) is 0 Å². The third-order valence-electron chi connectivity index (χ3n) is 6.98.